The first-order valence-electron chi connectivity index (χ1n) is 11.5. The van der Waals surface area contributed by atoms with E-state index in [0.717, 1.165) is 22.3 Å². The molecular formula is C28H28O4SiTi. The van der Waals surface area contributed by atoms with Crippen LogP contribution in [0.5, 0.6) is 0 Å². The van der Waals surface area contributed by atoms with Crippen LogP contribution >= 0.6 is 0 Å². The van der Waals surface area contributed by atoms with E-state index in [1.54, 1.807) is 13.8 Å². The molecular weight excluding hydrogens is 476 g/mol. The van der Waals surface area contributed by atoms with Crippen LogP contribution in [0.15, 0.2) is 83.2 Å². The first-order chi connectivity index (χ1) is 16.1. The maximum atomic E-state index is 13.2. The Bertz CT molecular complexity index is 1250. The number of fused-ring (bicyclic) bond motifs is 6. The molecule has 6 heteroatoms. The first-order valence-corrected chi connectivity index (χ1v) is 17.6. The molecule has 1 saturated heterocycles. The fourth-order valence-electron chi connectivity index (χ4n) is 5.65. The number of carbonyl (C=O) groups excluding carboxylic acids is 2. The molecule has 0 saturated carbocycles. The molecule has 172 valence electrons. The van der Waals surface area contributed by atoms with Gasteiger partial charge in [0.1, 0.15) is 0 Å². The van der Waals surface area contributed by atoms with E-state index >= 15 is 0 Å². The fourth-order valence-corrected chi connectivity index (χ4v) is 20.4. The van der Waals surface area contributed by atoms with Gasteiger partial charge in [-0.15, -0.1) is 0 Å². The molecule has 5 rings (SSSR count). The van der Waals surface area contributed by atoms with E-state index in [1.807, 2.05) is 24.3 Å². The standard InChI is InChI=1S/C20H18Si.2C4H6O2.Ti/c1-21(2,19-11-15-7-3-4-8-16(15)12-19)20-13-17-9-5-6-10-18(17)14-20;2*1-3(2)4(5)6;/h3-14H,1-2H3;2*1H2,2H3,(H,5,6);/q;;;+2/p-2. The molecule has 1 heterocycles. The van der Waals surface area contributed by atoms with Crippen LogP contribution in [0.25, 0.3) is 12.2 Å². The summed E-state index contributed by atoms with van der Waals surface area (Å²) < 4.78 is 12.6. The van der Waals surface area contributed by atoms with Crippen molar-refractivity contribution < 1.29 is 33.6 Å². The molecule has 1 aliphatic heterocycles. The first kappa shape index (κ1) is 23.0. The van der Waals surface area contributed by atoms with Crippen LogP contribution in [-0.2, 0) is 33.6 Å². The quantitative estimate of drug-likeness (QED) is 0.363. The Kier molecular flexibility index (Phi) is 5.36. The van der Waals surface area contributed by atoms with Gasteiger partial charge < -0.3 is 0 Å². The van der Waals surface area contributed by atoms with Gasteiger partial charge >= 0.3 is 207 Å². The average Bonchev–Trinajstić information content (AvgIpc) is 3.38. The van der Waals surface area contributed by atoms with Gasteiger partial charge in [0.05, 0.1) is 0 Å². The van der Waals surface area contributed by atoms with Crippen molar-refractivity contribution in [2.24, 2.45) is 0 Å². The molecule has 1 fully saturated rings. The van der Waals surface area contributed by atoms with Gasteiger partial charge in [0.2, 0.25) is 0 Å². The van der Waals surface area contributed by atoms with Crippen LogP contribution in [0.3, 0.4) is 0 Å². The fraction of sp³-hybridized carbons (Fsp3) is 0.214. The van der Waals surface area contributed by atoms with Crippen molar-refractivity contribution in [2.45, 2.75) is 35.4 Å². The summed E-state index contributed by atoms with van der Waals surface area (Å²) >= 11 is -4.45. The third kappa shape index (κ3) is 3.22. The van der Waals surface area contributed by atoms with Crippen LogP contribution < -0.4 is 0 Å². The summed E-state index contributed by atoms with van der Waals surface area (Å²) in [7, 11) is -2.15. The molecule has 0 aromatic heterocycles. The Labute approximate surface area is 206 Å². The van der Waals surface area contributed by atoms with Crippen LogP contribution in [-0.4, -0.2) is 20.0 Å². The number of hydrogen-bond donors (Lipinski definition) is 0. The van der Waals surface area contributed by atoms with Crippen molar-refractivity contribution >= 4 is 32.2 Å². The molecule has 2 aromatic rings. The van der Waals surface area contributed by atoms with Gasteiger partial charge in [0, 0.05) is 0 Å². The SMILES string of the molecule is C=C(C)C(=O)[O][Ti]1([O]C(=O)C(=C)C)[CH]2C(=Cc3ccccc32)[Si](C)(C)C2=Cc3ccccc3[CH]21. The van der Waals surface area contributed by atoms with Gasteiger partial charge in [0.25, 0.3) is 0 Å². The summed E-state index contributed by atoms with van der Waals surface area (Å²) in [6.45, 7) is 15.7. The number of hydrogen-bond acceptors (Lipinski definition) is 4. The third-order valence-corrected chi connectivity index (χ3v) is 18.0. The van der Waals surface area contributed by atoms with Gasteiger partial charge in [-0.2, -0.15) is 0 Å². The second-order valence-electron chi connectivity index (χ2n) is 10.0. The Morgan fingerprint density at radius 3 is 1.53 bits per heavy atom. The molecule has 2 aromatic carbocycles. The topological polar surface area (TPSA) is 52.6 Å². The van der Waals surface area contributed by atoms with Gasteiger partial charge in [-0.25, -0.2) is 0 Å². The summed E-state index contributed by atoms with van der Waals surface area (Å²) in [4.78, 5) is 26.4. The maximum absolute atomic E-state index is 13.2. The Morgan fingerprint density at radius 2 is 1.15 bits per heavy atom. The Hall–Kier alpha value is -2.73. The summed E-state index contributed by atoms with van der Waals surface area (Å²) in [5, 5.41) is 2.54. The van der Waals surface area contributed by atoms with Crippen LogP contribution in [0.1, 0.15) is 44.5 Å². The predicted molar refractivity (Wildman–Crippen MR) is 134 cm³/mol. The van der Waals surface area contributed by atoms with Crippen molar-refractivity contribution in [2.75, 3.05) is 0 Å². The number of rotatable bonds is 4. The predicted octanol–water partition coefficient (Wildman–Crippen LogP) is 6.29. The molecule has 0 spiro atoms. The zero-order valence-electron chi connectivity index (χ0n) is 20.0. The number of benzene rings is 2. The van der Waals surface area contributed by atoms with Crippen molar-refractivity contribution in [3.63, 3.8) is 0 Å². The van der Waals surface area contributed by atoms with Gasteiger partial charge in [-0.1, -0.05) is 0 Å². The van der Waals surface area contributed by atoms with Crippen molar-refractivity contribution in [3.8, 4) is 0 Å². The zero-order chi connectivity index (χ0) is 24.4. The summed E-state index contributed by atoms with van der Waals surface area (Å²) in [5.74, 6) is -0.994. The summed E-state index contributed by atoms with van der Waals surface area (Å²) in [6, 6.07) is 16.4. The number of carbonyl (C=O) groups is 2. The molecule has 0 bridgehead atoms. The number of allylic oxidation sites excluding steroid dienone is 2. The van der Waals surface area contributed by atoms with Crippen LogP contribution in [0.4, 0.5) is 0 Å². The van der Waals surface area contributed by atoms with Gasteiger partial charge in [-0.3, -0.25) is 0 Å². The van der Waals surface area contributed by atoms with Crippen molar-refractivity contribution in [1.29, 1.82) is 0 Å². The van der Waals surface area contributed by atoms with E-state index in [-0.39, 0.29) is 8.45 Å². The van der Waals surface area contributed by atoms with E-state index < -0.39 is 37.4 Å². The molecule has 34 heavy (non-hydrogen) atoms. The van der Waals surface area contributed by atoms with Gasteiger partial charge in [0.15, 0.2) is 0 Å². The average molecular weight is 504 g/mol. The molecule has 2 aliphatic carbocycles. The Balaban J connectivity index is 1.85. The molecule has 3 aliphatic rings. The van der Waals surface area contributed by atoms with E-state index in [4.69, 9.17) is 6.64 Å². The monoisotopic (exact) mass is 504 g/mol. The molecule has 0 N–H and O–H groups in total. The summed E-state index contributed by atoms with van der Waals surface area (Å²) in [6.07, 6.45) is 4.52. The van der Waals surface area contributed by atoms with Crippen LogP contribution in [0, 0.1) is 0 Å². The van der Waals surface area contributed by atoms with E-state index in [2.05, 4.69) is 62.7 Å². The molecule has 2 unspecified atom stereocenters. The Morgan fingerprint density at radius 1 is 0.765 bits per heavy atom. The summed E-state index contributed by atoms with van der Waals surface area (Å²) in [5.41, 5.74) is 5.00. The van der Waals surface area contributed by atoms with Crippen molar-refractivity contribution in [3.05, 3.63) is 105 Å². The molecule has 0 radical (unpaired) electrons. The molecule has 0 amide bonds. The van der Waals surface area contributed by atoms with Crippen LogP contribution in [0.2, 0.25) is 13.1 Å². The normalized spacial score (nSPS) is 22.2. The minimum absolute atomic E-state index is 0.224. The van der Waals surface area contributed by atoms with E-state index in [9.17, 15) is 9.59 Å². The molecule has 2 atom stereocenters. The molecule has 4 nitrogen and oxygen atoms in total. The van der Waals surface area contributed by atoms with E-state index in [0.29, 0.717) is 11.1 Å². The van der Waals surface area contributed by atoms with Crippen molar-refractivity contribution in [1.82, 2.24) is 0 Å². The zero-order valence-corrected chi connectivity index (χ0v) is 22.5. The minimum atomic E-state index is -4.45. The second kappa shape index (κ2) is 7.91. The second-order valence-corrected chi connectivity index (χ2v) is 19.1. The van der Waals surface area contributed by atoms with Gasteiger partial charge in [-0.05, 0) is 0 Å². The van der Waals surface area contributed by atoms with E-state index in [1.165, 1.54) is 10.4 Å². The third-order valence-electron chi connectivity index (χ3n) is 7.31.